The molecule has 0 bridgehead atoms. The van der Waals surface area contributed by atoms with Crippen molar-refractivity contribution in [2.24, 2.45) is 41.4 Å². The van der Waals surface area contributed by atoms with Crippen LogP contribution in [0.25, 0.3) is 0 Å². The first kappa shape index (κ1) is 22.6. The lowest BCUT2D eigenvalue weighted by Crippen LogP contribution is -2.50. The van der Waals surface area contributed by atoms with E-state index in [0.717, 1.165) is 12.8 Å². The van der Waals surface area contributed by atoms with E-state index in [4.69, 9.17) is 4.74 Å². The van der Waals surface area contributed by atoms with Crippen molar-refractivity contribution in [3.8, 4) is 0 Å². The number of carbonyl (C=O) groups is 2. The first-order valence-corrected chi connectivity index (χ1v) is 12.0. The highest BCUT2D eigenvalue weighted by Gasteiger charge is 2.63. The maximum absolute atomic E-state index is 14.2. The fourth-order valence-corrected chi connectivity index (χ4v) is 7.39. The van der Waals surface area contributed by atoms with Crippen molar-refractivity contribution in [1.29, 1.82) is 0 Å². The number of likely N-dealkylation sites (N-methyl/N-ethyl adjacent to an activating group) is 1. The van der Waals surface area contributed by atoms with Crippen LogP contribution in [-0.2, 0) is 14.3 Å². The highest BCUT2D eigenvalue weighted by molar-refractivity contribution is 6.22. The van der Waals surface area contributed by atoms with E-state index in [-0.39, 0.29) is 52.8 Å². The fourth-order valence-electron chi connectivity index (χ4n) is 7.39. The van der Waals surface area contributed by atoms with Gasteiger partial charge in [0.1, 0.15) is 11.3 Å². The largest absolute Gasteiger partial charge is 0.509 e. The summed E-state index contributed by atoms with van der Waals surface area (Å²) in [6, 6.07) is -0.434. The summed E-state index contributed by atoms with van der Waals surface area (Å²) in [5, 5.41) is 11.0. The van der Waals surface area contributed by atoms with Gasteiger partial charge in [0, 0.05) is 18.9 Å². The van der Waals surface area contributed by atoms with E-state index in [9.17, 15) is 14.7 Å². The van der Waals surface area contributed by atoms with Crippen LogP contribution in [0, 0.1) is 41.4 Å². The van der Waals surface area contributed by atoms with Crippen LogP contribution in [0.4, 0.5) is 0 Å². The summed E-state index contributed by atoms with van der Waals surface area (Å²) in [6.45, 7) is 14.8. The molecule has 5 heteroatoms. The number of Topliss-reactive ketones (excluding diaryl/α,β-unsaturated/α-hetero) is 1. The Morgan fingerprint density at radius 3 is 2.39 bits per heavy atom. The second-order valence-corrected chi connectivity index (χ2v) is 11.4. The highest BCUT2D eigenvalue weighted by Crippen LogP contribution is 2.58. The SMILES string of the molecule is CC1=C[C@@H]2C[C@H](C)C[C@H](C)[C@@H]2[C@@H](C(=O)C2=C(O)[C@H](C(C)C)N(C)C2=O)[C@@H]1[C@@]1(C)O[C@@H]1C. The second-order valence-electron chi connectivity index (χ2n) is 11.4. The lowest BCUT2D eigenvalue weighted by Gasteiger charge is -2.49. The van der Waals surface area contributed by atoms with Gasteiger partial charge in [0.25, 0.3) is 5.91 Å². The summed E-state index contributed by atoms with van der Waals surface area (Å²) in [4.78, 5) is 28.9. The first-order chi connectivity index (χ1) is 14.4. The third-order valence-electron chi connectivity index (χ3n) is 8.81. The second kappa shape index (κ2) is 7.47. The number of aliphatic hydroxyl groups excluding tert-OH is 1. The highest BCUT2D eigenvalue weighted by atomic mass is 16.6. The van der Waals surface area contributed by atoms with Gasteiger partial charge in [-0.3, -0.25) is 9.59 Å². The van der Waals surface area contributed by atoms with Crippen molar-refractivity contribution in [1.82, 2.24) is 4.90 Å². The minimum atomic E-state index is -0.434. The zero-order valence-corrected chi connectivity index (χ0v) is 20.3. The number of nitrogens with zero attached hydrogens (tertiary/aromatic N) is 1. The van der Waals surface area contributed by atoms with Crippen molar-refractivity contribution in [2.45, 2.75) is 79.1 Å². The van der Waals surface area contributed by atoms with Crippen LogP contribution in [0.1, 0.15) is 61.3 Å². The van der Waals surface area contributed by atoms with E-state index in [1.807, 2.05) is 13.8 Å². The predicted molar refractivity (Wildman–Crippen MR) is 120 cm³/mol. The molecule has 31 heavy (non-hydrogen) atoms. The third-order valence-corrected chi connectivity index (χ3v) is 8.81. The van der Waals surface area contributed by atoms with Crippen LogP contribution >= 0.6 is 0 Å². The quantitative estimate of drug-likeness (QED) is 0.405. The normalized spacial score (nSPS) is 45.1. The molecule has 4 rings (SSSR count). The molecule has 172 valence electrons. The van der Waals surface area contributed by atoms with Crippen molar-refractivity contribution in [3.05, 3.63) is 23.0 Å². The molecule has 0 aromatic carbocycles. The summed E-state index contributed by atoms with van der Waals surface area (Å²) in [5.41, 5.74) is 0.829. The molecule has 0 spiro atoms. The molecule has 0 unspecified atom stereocenters. The molecule has 2 aliphatic heterocycles. The zero-order valence-electron chi connectivity index (χ0n) is 20.3. The third kappa shape index (κ3) is 3.30. The van der Waals surface area contributed by atoms with Gasteiger partial charge in [-0.05, 0) is 63.2 Å². The molecule has 1 saturated carbocycles. The number of allylic oxidation sites excluding steroid dienone is 1. The molecule has 2 heterocycles. The number of hydrogen-bond donors (Lipinski definition) is 1. The molecular weight excluding hydrogens is 390 g/mol. The van der Waals surface area contributed by atoms with Crippen molar-refractivity contribution in [2.75, 3.05) is 7.05 Å². The summed E-state index contributed by atoms with van der Waals surface area (Å²) in [5.74, 6) is 0.585. The smallest absolute Gasteiger partial charge is 0.261 e. The number of amides is 1. The molecule has 1 amide bonds. The topological polar surface area (TPSA) is 70.1 Å². The molecule has 1 N–H and O–H groups in total. The molecule has 5 nitrogen and oxygen atoms in total. The fraction of sp³-hybridized carbons (Fsp3) is 0.769. The summed E-state index contributed by atoms with van der Waals surface area (Å²) in [7, 11) is 1.69. The zero-order chi connectivity index (χ0) is 23.0. The molecular formula is C26H39NO4. The van der Waals surface area contributed by atoms with E-state index in [0.29, 0.717) is 17.8 Å². The molecule has 2 aliphatic carbocycles. The summed E-state index contributed by atoms with van der Waals surface area (Å²) in [6.07, 6.45) is 4.63. The monoisotopic (exact) mass is 429 g/mol. The van der Waals surface area contributed by atoms with Gasteiger partial charge in [-0.15, -0.1) is 0 Å². The molecule has 9 atom stereocenters. The minimum Gasteiger partial charge on any atom is -0.509 e. The number of ether oxygens (including phenoxy) is 1. The molecule has 0 aromatic heterocycles. The Morgan fingerprint density at radius 2 is 1.87 bits per heavy atom. The Kier molecular flexibility index (Phi) is 5.44. The van der Waals surface area contributed by atoms with E-state index in [2.05, 4.69) is 40.7 Å². The number of carbonyl (C=O) groups excluding carboxylic acids is 2. The van der Waals surface area contributed by atoms with Gasteiger partial charge in [-0.1, -0.05) is 39.3 Å². The Balaban J connectivity index is 1.82. The standard InChI is InChI=1S/C26H39NO4/c1-12(2)22-24(29)20(25(30)27(22)8)23(28)19-18-14(4)9-13(3)10-17(18)11-15(5)21(19)26(7)16(6)31-26/h11-14,16-19,21-22,29H,9-10H2,1-8H3/t13-,14+,16-,17+,18+,19-,21-,22+,26+/m1/s1. The van der Waals surface area contributed by atoms with Gasteiger partial charge in [0.05, 0.1) is 17.7 Å². The Labute approximate surface area is 186 Å². The lowest BCUT2D eigenvalue weighted by atomic mass is 9.54. The van der Waals surface area contributed by atoms with Crippen LogP contribution in [-0.4, -0.2) is 46.5 Å². The van der Waals surface area contributed by atoms with Crippen molar-refractivity contribution < 1.29 is 19.4 Å². The maximum Gasteiger partial charge on any atom is 0.261 e. The molecule has 2 fully saturated rings. The van der Waals surface area contributed by atoms with Crippen LogP contribution in [0.2, 0.25) is 0 Å². The van der Waals surface area contributed by atoms with Gasteiger partial charge in [0.2, 0.25) is 0 Å². The molecule has 1 saturated heterocycles. The summed E-state index contributed by atoms with van der Waals surface area (Å²) < 4.78 is 6.06. The Bertz CT molecular complexity index is 857. The van der Waals surface area contributed by atoms with Crippen molar-refractivity contribution in [3.63, 3.8) is 0 Å². The van der Waals surface area contributed by atoms with E-state index >= 15 is 0 Å². The number of hydrogen-bond acceptors (Lipinski definition) is 4. The van der Waals surface area contributed by atoms with E-state index < -0.39 is 11.6 Å². The first-order valence-electron chi connectivity index (χ1n) is 12.0. The van der Waals surface area contributed by atoms with Gasteiger partial charge >= 0.3 is 0 Å². The van der Waals surface area contributed by atoms with Crippen LogP contribution in [0.3, 0.4) is 0 Å². The lowest BCUT2D eigenvalue weighted by molar-refractivity contribution is -0.132. The number of ketones is 1. The number of fused-ring (bicyclic) bond motifs is 1. The van der Waals surface area contributed by atoms with Gasteiger partial charge in [-0.2, -0.15) is 0 Å². The predicted octanol–water partition coefficient (Wildman–Crippen LogP) is 4.53. The Hall–Kier alpha value is -1.62. The van der Waals surface area contributed by atoms with Gasteiger partial charge in [-0.25, -0.2) is 0 Å². The van der Waals surface area contributed by atoms with Gasteiger partial charge in [0.15, 0.2) is 5.78 Å². The Morgan fingerprint density at radius 1 is 1.26 bits per heavy atom. The summed E-state index contributed by atoms with van der Waals surface area (Å²) >= 11 is 0. The van der Waals surface area contributed by atoms with E-state index in [1.54, 1.807) is 7.05 Å². The molecule has 0 aromatic rings. The molecule has 4 aliphatic rings. The van der Waals surface area contributed by atoms with Crippen LogP contribution < -0.4 is 0 Å². The average Bonchev–Trinajstić information content (AvgIpc) is 3.18. The number of epoxide rings is 1. The minimum absolute atomic E-state index is 0.0207. The number of rotatable bonds is 4. The van der Waals surface area contributed by atoms with Crippen molar-refractivity contribution >= 4 is 11.7 Å². The number of aliphatic hydroxyl groups is 1. The van der Waals surface area contributed by atoms with Crippen LogP contribution in [0.15, 0.2) is 23.0 Å². The van der Waals surface area contributed by atoms with E-state index in [1.165, 1.54) is 10.5 Å². The van der Waals surface area contributed by atoms with Gasteiger partial charge < -0.3 is 14.7 Å². The molecule has 0 radical (unpaired) electrons. The average molecular weight is 430 g/mol. The van der Waals surface area contributed by atoms with Crippen LogP contribution in [0.5, 0.6) is 0 Å². The maximum atomic E-state index is 14.2.